The lowest BCUT2D eigenvalue weighted by Gasteiger charge is -2.39. The maximum atomic E-state index is 12.2. The molecule has 2 amide bonds. The first-order valence-electron chi connectivity index (χ1n) is 9.06. The van der Waals surface area contributed by atoms with Crippen LogP contribution in [0.4, 0.5) is 0 Å². The second kappa shape index (κ2) is 6.10. The minimum Gasteiger partial charge on any atom is -0.356 e. The zero-order chi connectivity index (χ0) is 17.5. The Kier molecular flexibility index (Phi) is 4.85. The fourth-order valence-corrected chi connectivity index (χ4v) is 4.40. The highest BCUT2D eigenvalue weighted by atomic mass is 16.2. The zero-order valence-electron chi connectivity index (χ0n) is 15.7. The fourth-order valence-electron chi connectivity index (χ4n) is 4.40. The molecule has 23 heavy (non-hydrogen) atoms. The summed E-state index contributed by atoms with van der Waals surface area (Å²) in [6, 6.07) is 0.313. The molecule has 3 atom stereocenters. The van der Waals surface area contributed by atoms with Gasteiger partial charge in [0, 0.05) is 24.4 Å². The van der Waals surface area contributed by atoms with Crippen molar-refractivity contribution in [2.45, 2.75) is 79.7 Å². The summed E-state index contributed by atoms with van der Waals surface area (Å²) in [5.41, 5.74) is 0.185. The molecule has 0 aromatic heterocycles. The van der Waals surface area contributed by atoms with Crippen LogP contribution in [-0.2, 0) is 9.59 Å². The molecule has 0 radical (unpaired) electrons. The van der Waals surface area contributed by atoms with Gasteiger partial charge in [-0.3, -0.25) is 9.59 Å². The monoisotopic (exact) mass is 322 g/mol. The van der Waals surface area contributed by atoms with E-state index in [0.29, 0.717) is 30.8 Å². The molecule has 132 valence electrons. The number of amides is 2. The number of carbonyl (C=O) groups is 2. The zero-order valence-corrected chi connectivity index (χ0v) is 15.7. The first-order valence-corrected chi connectivity index (χ1v) is 9.06. The van der Waals surface area contributed by atoms with E-state index in [4.69, 9.17) is 0 Å². The van der Waals surface area contributed by atoms with E-state index in [1.54, 1.807) is 0 Å². The predicted octanol–water partition coefficient (Wildman–Crippen LogP) is 3.26. The highest BCUT2D eigenvalue weighted by Crippen LogP contribution is 2.65. The lowest BCUT2D eigenvalue weighted by molar-refractivity contribution is -0.129. The van der Waals surface area contributed by atoms with Gasteiger partial charge in [0.05, 0.1) is 0 Å². The molecular weight excluding hydrogens is 288 g/mol. The van der Waals surface area contributed by atoms with Crippen LogP contribution in [0.25, 0.3) is 0 Å². The van der Waals surface area contributed by atoms with E-state index in [-0.39, 0.29) is 22.6 Å². The molecule has 0 heterocycles. The second-order valence-electron chi connectivity index (χ2n) is 9.34. The van der Waals surface area contributed by atoms with Gasteiger partial charge in [0.1, 0.15) is 0 Å². The standard InChI is InChI=1S/C19H34N2O2/c1-17(2,3)16(23)20-11-7-8-15(22)21-14-12-13-9-10-19(14,6)18(13,4)5/h13-14H,7-12H2,1-6H3,(H,20,23)(H,21,22). The van der Waals surface area contributed by atoms with Gasteiger partial charge in [0.25, 0.3) is 0 Å². The van der Waals surface area contributed by atoms with Gasteiger partial charge in [-0.15, -0.1) is 0 Å². The summed E-state index contributed by atoms with van der Waals surface area (Å²) < 4.78 is 0. The van der Waals surface area contributed by atoms with Crippen LogP contribution < -0.4 is 10.6 Å². The van der Waals surface area contributed by atoms with E-state index in [1.807, 2.05) is 20.8 Å². The van der Waals surface area contributed by atoms with Gasteiger partial charge in [-0.05, 0) is 42.4 Å². The van der Waals surface area contributed by atoms with E-state index in [0.717, 1.165) is 12.3 Å². The quantitative estimate of drug-likeness (QED) is 0.763. The van der Waals surface area contributed by atoms with Crippen molar-refractivity contribution in [1.82, 2.24) is 10.6 Å². The van der Waals surface area contributed by atoms with Crippen LogP contribution in [0.2, 0.25) is 0 Å². The largest absolute Gasteiger partial charge is 0.356 e. The predicted molar refractivity (Wildman–Crippen MR) is 92.9 cm³/mol. The molecule has 2 fully saturated rings. The van der Waals surface area contributed by atoms with Gasteiger partial charge in [0.2, 0.25) is 11.8 Å². The number of fused-ring (bicyclic) bond motifs is 2. The van der Waals surface area contributed by atoms with Crippen molar-refractivity contribution in [1.29, 1.82) is 0 Å². The summed E-state index contributed by atoms with van der Waals surface area (Å²) in [5.74, 6) is 0.911. The Balaban J connectivity index is 1.74. The van der Waals surface area contributed by atoms with Gasteiger partial charge in [0.15, 0.2) is 0 Å². The lowest BCUT2D eigenvalue weighted by atomic mass is 9.69. The normalized spacial score (nSPS) is 31.9. The number of rotatable bonds is 5. The Morgan fingerprint density at radius 2 is 1.83 bits per heavy atom. The summed E-state index contributed by atoms with van der Waals surface area (Å²) in [7, 11) is 0. The molecule has 0 aromatic carbocycles. The molecule has 0 aromatic rings. The first kappa shape index (κ1) is 18.3. The van der Waals surface area contributed by atoms with Crippen LogP contribution in [0, 0.1) is 22.2 Å². The molecule has 2 bridgehead atoms. The van der Waals surface area contributed by atoms with Crippen LogP contribution in [0.3, 0.4) is 0 Å². The Hall–Kier alpha value is -1.06. The van der Waals surface area contributed by atoms with Crippen LogP contribution in [0.1, 0.15) is 73.6 Å². The van der Waals surface area contributed by atoms with Gasteiger partial charge < -0.3 is 10.6 Å². The average Bonchev–Trinajstić information content (AvgIpc) is 2.75. The van der Waals surface area contributed by atoms with Crippen molar-refractivity contribution in [2.75, 3.05) is 6.54 Å². The molecule has 2 aliphatic carbocycles. The molecule has 4 nitrogen and oxygen atoms in total. The second-order valence-corrected chi connectivity index (χ2v) is 9.34. The first-order chi connectivity index (χ1) is 10.5. The Bertz CT molecular complexity index is 478. The molecule has 2 N–H and O–H groups in total. The van der Waals surface area contributed by atoms with Crippen LogP contribution in [0.5, 0.6) is 0 Å². The maximum Gasteiger partial charge on any atom is 0.225 e. The van der Waals surface area contributed by atoms with Gasteiger partial charge in [-0.25, -0.2) is 0 Å². The van der Waals surface area contributed by atoms with Gasteiger partial charge in [-0.2, -0.15) is 0 Å². The third-order valence-corrected chi connectivity index (χ3v) is 6.68. The lowest BCUT2D eigenvalue weighted by Crippen LogP contribution is -2.47. The Morgan fingerprint density at radius 3 is 2.30 bits per heavy atom. The van der Waals surface area contributed by atoms with E-state index in [2.05, 4.69) is 31.4 Å². The molecule has 4 heteroatoms. The summed E-state index contributed by atoms with van der Waals surface area (Å²) in [6.45, 7) is 13.3. The van der Waals surface area contributed by atoms with Crippen LogP contribution in [-0.4, -0.2) is 24.4 Å². The summed E-state index contributed by atoms with van der Waals surface area (Å²) in [5, 5.41) is 6.17. The van der Waals surface area contributed by atoms with Crippen LogP contribution >= 0.6 is 0 Å². The van der Waals surface area contributed by atoms with E-state index >= 15 is 0 Å². The van der Waals surface area contributed by atoms with Gasteiger partial charge in [-0.1, -0.05) is 41.5 Å². The van der Waals surface area contributed by atoms with E-state index < -0.39 is 0 Å². The molecule has 0 saturated heterocycles. The van der Waals surface area contributed by atoms with Crippen molar-refractivity contribution >= 4 is 11.8 Å². The van der Waals surface area contributed by atoms with Crippen molar-refractivity contribution in [3.8, 4) is 0 Å². The number of hydrogen-bond donors (Lipinski definition) is 2. The fraction of sp³-hybridized carbons (Fsp3) is 0.895. The molecular formula is C19H34N2O2. The smallest absolute Gasteiger partial charge is 0.225 e. The van der Waals surface area contributed by atoms with Crippen molar-refractivity contribution < 1.29 is 9.59 Å². The minimum absolute atomic E-state index is 0.0419. The summed E-state index contributed by atoms with van der Waals surface area (Å²) in [4.78, 5) is 24.0. The summed E-state index contributed by atoms with van der Waals surface area (Å²) in [6.07, 6.45) is 4.83. The van der Waals surface area contributed by atoms with Gasteiger partial charge >= 0.3 is 0 Å². The van der Waals surface area contributed by atoms with E-state index in [9.17, 15) is 9.59 Å². The number of carbonyl (C=O) groups excluding carboxylic acids is 2. The molecule has 0 aliphatic heterocycles. The third kappa shape index (κ3) is 3.41. The average molecular weight is 322 g/mol. The van der Waals surface area contributed by atoms with Crippen LogP contribution in [0.15, 0.2) is 0 Å². The minimum atomic E-state index is -0.370. The highest BCUT2D eigenvalue weighted by Gasteiger charge is 2.61. The number of nitrogens with one attached hydrogen (secondary N) is 2. The van der Waals surface area contributed by atoms with E-state index in [1.165, 1.54) is 12.8 Å². The highest BCUT2D eigenvalue weighted by molar-refractivity contribution is 5.81. The SMILES string of the molecule is CC(C)(C)C(=O)NCCCC(=O)NC1CC2CCC1(C)C2(C)C. The number of hydrogen-bond acceptors (Lipinski definition) is 2. The Labute approximate surface area is 141 Å². The topological polar surface area (TPSA) is 58.2 Å². The maximum absolute atomic E-state index is 12.2. The molecule has 0 spiro atoms. The molecule has 2 saturated carbocycles. The van der Waals surface area contributed by atoms with Crippen molar-refractivity contribution in [3.05, 3.63) is 0 Å². The molecule has 3 unspecified atom stereocenters. The summed E-state index contributed by atoms with van der Waals surface area (Å²) >= 11 is 0. The Morgan fingerprint density at radius 1 is 1.17 bits per heavy atom. The third-order valence-electron chi connectivity index (χ3n) is 6.68. The molecule has 2 rings (SSSR count). The van der Waals surface area contributed by atoms with Crippen molar-refractivity contribution in [3.63, 3.8) is 0 Å². The van der Waals surface area contributed by atoms with Crippen molar-refractivity contribution in [2.24, 2.45) is 22.2 Å². The molecule has 2 aliphatic rings.